The van der Waals surface area contributed by atoms with Crippen molar-refractivity contribution in [3.05, 3.63) is 76.9 Å². The second kappa shape index (κ2) is 6.33. The van der Waals surface area contributed by atoms with E-state index in [-0.39, 0.29) is 23.5 Å². The zero-order chi connectivity index (χ0) is 18.3. The summed E-state index contributed by atoms with van der Waals surface area (Å²) in [6.07, 6.45) is 0.937. The largest absolute Gasteiger partial charge is 0.368 e. The van der Waals surface area contributed by atoms with Crippen LogP contribution in [0.4, 0.5) is 10.3 Å². The third-order valence-electron chi connectivity index (χ3n) is 4.90. The van der Waals surface area contributed by atoms with E-state index in [0.717, 1.165) is 11.1 Å². The van der Waals surface area contributed by atoms with Crippen molar-refractivity contribution in [3.63, 3.8) is 0 Å². The summed E-state index contributed by atoms with van der Waals surface area (Å²) >= 11 is 0. The van der Waals surface area contributed by atoms with Gasteiger partial charge in [0.2, 0.25) is 5.95 Å². The lowest BCUT2D eigenvalue weighted by Gasteiger charge is -2.26. The van der Waals surface area contributed by atoms with Crippen molar-refractivity contribution < 1.29 is 9.18 Å². The number of Topliss-reactive ketones (excluding diaryl/α,β-unsaturated/α-hetero) is 1. The lowest BCUT2D eigenvalue weighted by molar-refractivity contribution is 0.0962. The SMILES string of the molecule is Cc1nc(N)nc2c1C(=O)CC(c1ccccc1-c1ccccc1F)C2. The van der Waals surface area contributed by atoms with Gasteiger partial charge in [-0.15, -0.1) is 0 Å². The second-order valence-corrected chi connectivity index (χ2v) is 6.58. The van der Waals surface area contributed by atoms with Crippen molar-refractivity contribution >= 4 is 11.7 Å². The van der Waals surface area contributed by atoms with Gasteiger partial charge in [-0.3, -0.25) is 4.79 Å². The van der Waals surface area contributed by atoms with Crippen molar-refractivity contribution in [3.8, 4) is 11.1 Å². The molecule has 1 aromatic heterocycles. The van der Waals surface area contributed by atoms with Crippen LogP contribution in [-0.4, -0.2) is 15.8 Å². The fraction of sp³-hybridized carbons (Fsp3) is 0.190. The van der Waals surface area contributed by atoms with Crippen LogP contribution in [0.25, 0.3) is 11.1 Å². The summed E-state index contributed by atoms with van der Waals surface area (Å²) in [4.78, 5) is 21.1. The highest BCUT2D eigenvalue weighted by Gasteiger charge is 2.31. The number of rotatable bonds is 2. The molecule has 4 rings (SSSR count). The highest BCUT2D eigenvalue weighted by atomic mass is 19.1. The molecular weight excluding hydrogens is 329 g/mol. The van der Waals surface area contributed by atoms with Crippen LogP contribution in [-0.2, 0) is 6.42 Å². The number of carbonyl (C=O) groups excluding carboxylic acids is 1. The van der Waals surface area contributed by atoms with E-state index >= 15 is 0 Å². The van der Waals surface area contributed by atoms with Gasteiger partial charge in [0, 0.05) is 12.0 Å². The molecule has 1 atom stereocenters. The van der Waals surface area contributed by atoms with E-state index in [9.17, 15) is 9.18 Å². The maximum Gasteiger partial charge on any atom is 0.220 e. The highest BCUT2D eigenvalue weighted by molar-refractivity contribution is 6.00. The van der Waals surface area contributed by atoms with Gasteiger partial charge in [0.1, 0.15) is 5.82 Å². The van der Waals surface area contributed by atoms with E-state index in [2.05, 4.69) is 9.97 Å². The van der Waals surface area contributed by atoms with Crippen LogP contribution in [0.2, 0.25) is 0 Å². The van der Waals surface area contributed by atoms with E-state index < -0.39 is 0 Å². The average Bonchev–Trinajstić information content (AvgIpc) is 2.61. The van der Waals surface area contributed by atoms with Crippen molar-refractivity contribution in [2.24, 2.45) is 0 Å². The minimum absolute atomic E-state index is 0.0112. The molecule has 0 radical (unpaired) electrons. The number of hydrogen-bond acceptors (Lipinski definition) is 4. The normalized spacial score (nSPS) is 16.4. The molecule has 1 aliphatic rings. The first-order chi connectivity index (χ1) is 12.5. The third kappa shape index (κ3) is 2.75. The molecule has 26 heavy (non-hydrogen) atoms. The predicted octanol–water partition coefficient (Wildman–Crippen LogP) is 4.09. The van der Waals surface area contributed by atoms with Crippen molar-refractivity contribution in [1.82, 2.24) is 9.97 Å². The Labute approximate surface area is 150 Å². The zero-order valence-corrected chi connectivity index (χ0v) is 14.4. The molecule has 130 valence electrons. The molecule has 0 spiro atoms. The molecule has 0 saturated heterocycles. The summed E-state index contributed by atoms with van der Waals surface area (Å²) in [5.41, 5.74) is 9.96. The number of fused-ring (bicyclic) bond motifs is 1. The van der Waals surface area contributed by atoms with Crippen LogP contribution in [0.15, 0.2) is 48.5 Å². The van der Waals surface area contributed by atoms with Gasteiger partial charge in [-0.2, -0.15) is 0 Å². The van der Waals surface area contributed by atoms with E-state index in [1.165, 1.54) is 6.07 Å². The van der Waals surface area contributed by atoms with Gasteiger partial charge in [-0.05, 0) is 36.5 Å². The number of nitrogen functional groups attached to an aromatic ring is 1. The van der Waals surface area contributed by atoms with Gasteiger partial charge in [0.15, 0.2) is 5.78 Å². The highest BCUT2D eigenvalue weighted by Crippen LogP contribution is 2.38. The Hall–Kier alpha value is -3.08. The number of benzene rings is 2. The van der Waals surface area contributed by atoms with Gasteiger partial charge in [-0.25, -0.2) is 14.4 Å². The number of nitrogens with zero attached hydrogens (tertiary/aromatic N) is 2. The smallest absolute Gasteiger partial charge is 0.220 e. The molecule has 0 bridgehead atoms. The van der Waals surface area contributed by atoms with Gasteiger partial charge < -0.3 is 5.73 Å². The number of aryl methyl sites for hydroxylation is 1. The lowest BCUT2D eigenvalue weighted by atomic mass is 9.78. The maximum atomic E-state index is 14.3. The molecule has 0 saturated carbocycles. The number of aromatic nitrogens is 2. The topological polar surface area (TPSA) is 68.9 Å². The number of carbonyl (C=O) groups is 1. The fourth-order valence-electron chi connectivity index (χ4n) is 3.80. The van der Waals surface area contributed by atoms with Crippen LogP contribution in [0, 0.1) is 12.7 Å². The Balaban J connectivity index is 1.81. The molecule has 0 amide bonds. The van der Waals surface area contributed by atoms with Crippen molar-refractivity contribution in [2.75, 3.05) is 5.73 Å². The molecule has 2 N–H and O–H groups in total. The first kappa shape index (κ1) is 16.4. The van der Waals surface area contributed by atoms with E-state index in [4.69, 9.17) is 5.73 Å². The van der Waals surface area contributed by atoms with Crippen LogP contribution in [0.5, 0.6) is 0 Å². The van der Waals surface area contributed by atoms with Crippen molar-refractivity contribution in [1.29, 1.82) is 0 Å². The Morgan fingerprint density at radius 1 is 1.00 bits per heavy atom. The molecular formula is C21H18FN3O. The maximum absolute atomic E-state index is 14.3. The zero-order valence-electron chi connectivity index (χ0n) is 14.4. The van der Waals surface area contributed by atoms with Gasteiger partial charge in [0.25, 0.3) is 0 Å². The number of nitrogens with two attached hydrogens (primary N) is 1. The summed E-state index contributed by atoms with van der Waals surface area (Å²) in [6.45, 7) is 1.78. The molecule has 0 aliphatic heterocycles. The number of hydrogen-bond donors (Lipinski definition) is 1. The minimum atomic E-state index is -0.273. The predicted molar refractivity (Wildman–Crippen MR) is 98.4 cm³/mol. The third-order valence-corrected chi connectivity index (χ3v) is 4.90. The minimum Gasteiger partial charge on any atom is -0.368 e. The summed E-state index contributed by atoms with van der Waals surface area (Å²) in [6, 6.07) is 14.3. The quantitative estimate of drug-likeness (QED) is 0.758. The Morgan fingerprint density at radius 2 is 1.69 bits per heavy atom. The average molecular weight is 347 g/mol. The van der Waals surface area contributed by atoms with Crippen LogP contribution >= 0.6 is 0 Å². The molecule has 1 heterocycles. The monoisotopic (exact) mass is 347 g/mol. The van der Waals surface area contributed by atoms with Gasteiger partial charge >= 0.3 is 0 Å². The summed E-state index contributed by atoms with van der Waals surface area (Å²) in [5.74, 6) is -0.154. The summed E-state index contributed by atoms with van der Waals surface area (Å²) in [5, 5.41) is 0. The van der Waals surface area contributed by atoms with Gasteiger partial charge in [0.05, 0.1) is 17.0 Å². The summed E-state index contributed by atoms with van der Waals surface area (Å²) in [7, 11) is 0. The second-order valence-electron chi connectivity index (χ2n) is 6.58. The fourth-order valence-corrected chi connectivity index (χ4v) is 3.80. The van der Waals surface area contributed by atoms with E-state index in [0.29, 0.717) is 35.4 Å². The van der Waals surface area contributed by atoms with Crippen LogP contribution < -0.4 is 5.73 Å². The Morgan fingerprint density at radius 3 is 2.46 bits per heavy atom. The molecule has 3 aromatic rings. The van der Waals surface area contributed by atoms with E-state index in [1.54, 1.807) is 19.1 Å². The van der Waals surface area contributed by atoms with Gasteiger partial charge in [-0.1, -0.05) is 42.5 Å². The molecule has 2 aromatic carbocycles. The van der Waals surface area contributed by atoms with Crippen molar-refractivity contribution in [2.45, 2.75) is 25.7 Å². The van der Waals surface area contributed by atoms with Crippen LogP contribution in [0.1, 0.15) is 39.6 Å². The number of halogens is 1. The molecule has 5 heteroatoms. The molecule has 0 fully saturated rings. The first-order valence-corrected chi connectivity index (χ1v) is 8.54. The molecule has 1 aliphatic carbocycles. The van der Waals surface area contributed by atoms with E-state index in [1.807, 2.05) is 30.3 Å². The Kier molecular flexibility index (Phi) is 3.99. The lowest BCUT2D eigenvalue weighted by Crippen LogP contribution is -2.23. The Bertz CT molecular complexity index is 1020. The molecule has 4 nitrogen and oxygen atoms in total. The van der Waals surface area contributed by atoms with Crippen LogP contribution in [0.3, 0.4) is 0 Å². The first-order valence-electron chi connectivity index (χ1n) is 8.54. The molecule has 1 unspecified atom stereocenters. The number of ketones is 1. The standard InChI is InChI=1S/C21H18FN3O/c1-12-20-18(25-21(23)24-12)10-13(11-19(20)26)14-6-2-3-7-15(14)16-8-4-5-9-17(16)22/h2-9,13H,10-11H2,1H3,(H2,23,24,25). The number of anilines is 1. The summed E-state index contributed by atoms with van der Waals surface area (Å²) < 4.78 is 14.3.